The van der Waals surface area contributed by atoms with E-state index >= 15 is 0 Å². The van der Waals surface area contributed by atoms with E-state index in [4.69, 9.17) is 5.11 Å². The molecule has 25 heavy (non-hydrogen) atoms. The molecule has 1 fully saturated rings. The normalized spacial score (nSPS) is 21.6. The molecule has 0 aromatic rings. The number of urea groups is 1. The van der Waals surface area contributed by atoms with Gasteiger partial charge < -0.3 is 15.7 Å². The summed E-state index contributed by atoms with van der Waals surface area (Å²) in [4.78, 5) is 25.4. The lowest BCUT2D eigenvalue weighted by molar-refractivity contribution is -0.142. The molecule has 0 saturated heterocycles. The minimum atomic E-state index is -0.729. The van der Waals surface area contributed by atoms with Crippen LogP contribution in [0.5, 0.6) is 0 Å². The van der Waals surface area contributed by atoms with Crippen molar-refractivity contribution in [2.24, 2.45) is 11.8 Å². The Hall–Kier alpha value is -1.82. The molecule has 0 aliphatic heterocycles. The van der Waals surface area contributed by atoms with Crippen molar-refractivity contribution in [3.63, 3.8) is 0 Å². The number of rotatable bonds is 10. The van der Waals surface area contributed by atoms with E-state index in [9.17, 15) is 9.59 Å². The van der Waals surface area contributed by atoms with Gasteiger partial charge in [0.15, 0.2) is 0 Å². The van der Waals surface area contributed by atoms with Crippen LogP contribution < -0.4 is 10.6 Å². The summed E-state index contributed by atoms with van der Waals surface area (Å²) in [5.41, 5.74) is 0. The van der Waals surface area contributed by atoms with E-state index in [1.807, 2.05) is 12.2 Å². The Labute approximate surface area is 151 Å². The van der Waals surface area contributed by atoms with Gasteiger partial charge in [-0.25, -0.2) is 4.79 Å². The van der Waals surface area contributed by atoms with Crippen LogP contribution in [0.2, 0.25) is 0 Å². The van der Waals surface area contributed by atoms with Crippen molar-refractivity contribution in [1.29, 1.82) is 0 Å². The molecule has 6 heteroatoms. The Bertz CT molecular complexity index is 447. The molecule has 0 aromatic heterocycles. The van der Waals surface area contributed by atoms with Crippen LogP contribution in [-0.2, 0) is 4.79 Å². The number of aliphatic carboxylic acids is 1. The molecular weight excluding hydrogens is 318 g/mol. The number of amides is 2. The monoisotopic (exact) mass is 351 g/mol. The minimum Gasteiger partial charge on any atom is -0.481 e. The quantitative estimate of drug-likeness (QED) is 0.529. The van der Waals surface area contributed by atoms with Gasteiger partial charge in [0.2, 0.25) is 0 Å². The van der Waals surface area contributed by atoms with Gasteiger partial charge in [-0.1, -0.05) is 26.0 Å². The third-order valence-corrected chi connectivity index (χ3v) is 4.85. The van der Waals surface area contributed by atoms with Crippen LogP contribution in [0.4, 0.5) is 4.79 Å². The molecule has 0 radical (unpaired) electrons. The molecule has 2 amide bonds. The van der Waals surface area contributed by atoms with Gasteiger partial charge in [-0.2, -0.15) is 0 Å². The zero-order chi connectivity index (χ0) is 18.8. The highest BCUT2D eigenvalue weighted by Crippen LogP contribution is 2.24. The summed E-state index contributed by atoms with van der Waals surface area (Å²) >= 11 is 0. The molecule has 1 rings (SSSR count). The Balaban J connectivity index is 2.45. The maximum absolute atomic E-state index is 12.2. The van der Waals surface area contributed by atoms with Crippen LogP contribution in [0.1, 0.15) is 39.5 Å². The van der Waals surface area contributed by atoms with Crippen molar-refractivity contribution >= 4 is 12.0 Å². The molecule has 1 aliphatic carbocycles. The summed E-state index contributed by atoms with van der Waals surface area (Å²) in [5.74, 6) is -0.615. The Kier molecular flexibility index (Phi) is 9.27. The molecular formula is C19H33N3O3. The highest BCUT2D eigenvalue weighted by Gasteiger charge is 2.27. The first-order valence-corrected chi connectivity index (χ1v) is 9.12. The highest BCUT2D eigenvalue weighted by molar-refractivity contribution is 5.74. The van der Waals surface area contributed by atoms with Crippen LogP contribution in [0.3, 0.4) is 0 Å². The number of carbonyl (C=O) groups is 2. The summed E-state index contributed by atoms with van der Waals surface area (Å²) < 4.78 is 0. The lowest BCUT2D eigenvalue weighted by Gasteiger charge is -2.33. The Morgan fingerprint density at radius 3 is 2.16 bits per heavy atom. The number of hydrogen-bond donors (Lipinski definition) is 3. The second kappa shape index (κ2) is 10.9. The van der Waals surface area contributed by atoms with Crippen molar-refractivity contribution in [3.8, 4) is 0 Å². The molecule has 1 unspecified atom stereocenters. The van der Waals surface area contributed by atoms with Crippen LogP contribution in [0.25, 0.3) is 0 Å². The largest absolute Gasteiger partial charge is 0.481 e. The first kappa shape index (κ1) is 21.2. The molecule has 0 heterocycles. The second-order valence-electron chi connectivity index (χ2n) is 7.08. The van der Waals surface area contributed by atoms with Crippen molar-refractivity contribution in [1.82, 2.24) is 15.5 Å². The van der Waals surface area contributed by atoms with E-state index in [2.05, 4.69) is 42.5 Å². The third-order valence-electron chi connectivity index (χ3n) is 4.85. The molecule has 1 atom stereocenters. The van der Waals surface area contributed by atoms with Gasteiger partial charge in [-0.05, 0) is 31.6 Å². The van der Waals surface area contributed by atoms with Crippen molar-refractivity contribution < 1.29 is 14.7 Å². The number of hydrogen-bond acceptors (Lipinski definition) is 3. The van der Waals surface area contributed by atoms with Crippen LogP contribution in [0.15, 0.2) is 25.3 Å². The summed E-state index contributed by atoms with van der Waals surface area (Å²) in [6, 6.07) is 0.0802. The van der Waals surface area contributed by atoms with Gasteiger partial charge in [0.25, 0.3) is 0 Å². The fraction of sp³-hybridized carbons (Fsp3) is 0.684. The van der Waals surface area contributed by atoms with E-state index < -0.39 is 5.97 Å². The molecule has 0 spiro atoms. The number of nitrogens with zero attached hydrogens (tertiary/aromatic N) is 1. The molecule has 142 valence electrons. The van der Waals surface area contributed by atoms with E-state index in [0.717, 1.165) is 25.9 Å². The Morgan fingerprint density at radius 1 is 1.16 bits per heavy atom. The van der Waals surface area contributed by atoms with E-state index in [1.54, 1.807) is 0 Å². The third kappa shape index (κ3) is 7.30. The minimum absolute atomic E-state index is 0.0607. The zero-order valence-electron chi connectivity index (χ0n) is 15.5. The molecule has 0 bridgehead atoms. The Morgan fingerprint density at radius 2 is 1.72 bits per heavy atom. The number of nitrogens with one attached hydrogen (secondary N) is 2. The predicted octanol–water partition coefficient (Wildman–Crippen LogP) is 2.63. The molecule has 3 N–H and O–H groups in total. The van der Waals surface area contributed by atoms with E-state index in [-0.39, 0.29) is 24.0 Å². The van der Waals surface area contributed by atoms with Crippen LogP contribution >= 0.6 is 0 Å². The summed E-state index contributed by atoms with van der Waals surface area (Å²) in [6.07, 6.45) is 6.41. The second-order valence-corrected chi connectivity index (χ2v) is 7.08. The fourth-order valence-corrected chi connectivity index (χ4v) is 3.38. The lowest BCUT2D eigenvalue weighted by atomic mass is 9.86. The van der Waals surface area contributed by atoms with Crippen LogP contribution in [0, 0.1) is 11.8 Å². The molecule has 1 saturated carbocycles. The smallest absolute Gasteiger partial charge is 0.315 e. The van der Waals surface area contributed by atoms with Gasteiger partial charge in [0.05, 0.1) is 5.92 Å². The van der Waals surface area contributed by atoms with Crippen LogP contribution in [-0.4, -0.2) is 53.7 Å². The zero-order valence-corrected chi connectivity index (χ0v) is 15.5. The fourth-order valence-electron chi connectivity index (χ4n) is 3.38. The first-order valence-electron chi connectivity index (χ1n) is 9.12. The van der Waals surface area contributed by atoms with Gasteiger partial charge >= 0.3 is 12.0 Å². The molecule has 6 nitrogen and oxygen atoms in total. The maximum Gasteiger partial charge on any atom is 0.315 e. The topological polar surface area (TPSA) is 81.7 Å². The average molecular weight is 351 g/mol. The maximum atomic E-state index is 12.2. The number of carbonyl (C=O) groups excluding carboxylic acids is 1. The first-order chi connectivity index (χ1) is 11.9. The van der Waals surface area contributed by atoms with Gasteiger partial charge in [0, 0.05) is 31.7 Å². The predicted molar refractivity (Wildman–Crippen MR) is 101 cm³/mol. The standard InChI is InChI=1S/C19H33N3O3/c1-5-11-22(12-6-2)17(14(3)4)13-20-19(25)21-16-9-7-15(8-10-16)18(23)24/h5-6,14-17H,1-2,7-13H2,3-4H3,(H,23,24)(H2,20,21,25). The number of carboxylic acids is 1. The van der Waals surface area contributed by atoms with Gasteiger partial charge in [-0.3, -0.25) is 9.69 Å². The lowest BCUT2D eigenvalue weighted by Crippen LogP contribution is -2.51. The molecule has 0 aromatic carbocycles. The van der Waals surface area contributed by atoms with Gasteiger partial charge in [-0.15, -0.1) is 13.2 Å². The average Bonchev–Trinajstić information content (AvgIpc) is 2.55. The summed E-state index contributed by atoms with van der Waals surface area (Å²) in [5, 5.41) is 15.0. The number of carboxylic acid groups (broad SMARTS) is 1. The summed E-state index contributed by atoms with van der Waals surface area (Å²) in [7, 11) is 0. The van der Waals surface area contributed by atoms with Crippen molar-refractivity contribution in [2.45, 2.75) is 51.6 Å². The highest BCUT2D eigenvalue weighted by atomic mass is 16.4. The van der Waals surface area contributed by atoms with Gasteiger partial charge in [0.1, 0.15) is 0 Å². The van der Waals surface area contributed by atoms with Crippen molar-refractivity contribution in [3.05, 3.63) is 25.3 Å². The van der Waals surface area contributed by atoms with Crippen molar-refractivity contribution in [2.75, 3.05) is 19.6 Å². The summed E-state index contributed by atoms with van der Waals surface area (Å²) in [6.45, 7) is 13.9. The van der Waals surface area contributed by atoms with E-state index in [0.29, 0.717) is 25.3 Å². The van der Waals surface area contributed by atoms with E-state index in [1.165, 1.54) is 0 Å². The SMILES string of the molecule is C=CCN(CC=C)C(CNC(=O)NC1CCC(C(=O)O)CC1)C(C)C. The molecule has 1 aliphatic rings.